The van der Waals surface area contributed by atoms with Crippen LogP contribution in [0.4, 0.5) is 0 Å². The molecule has 2 aromatic heterocycles. The third-order valence-corrected chi connectivity index (χ3v) is 5.47. The lowest BCUT2D eigenvalue weighted by atomic mass is 9.83. The Morgan fingerprint density at radius 1 is 1.22 bits per heavy atom. The number of esters is 1. The molecule has 1 atom stereocenters. The molecular weight excluding hydrogens is 410 g/mol. The minimum atomic E-state index is -0.783. The molecule has 8 heteroatoms. The van der Waals surface area contributed by atoms with Gasteiger partial charge in [0.1, 0.15) is 17.1 Å². The molecule has 0 spiro atoms. The topological polar surface area (TPSA) is 106 Å². The highest BCUT2D eigenvalue weighted by Gasteiger charge is 2.38. The van der Waals surface area contributed by atoms with Crippen molar-refractivity contribution in [1.29, 1.82) is 0 Å². The number of pyridine rings is 2. The second kappa shape index (κ2) is 8.58. The third kappa shape index (κ3) is 3.71. The first kappa shape index (κ1) is 21.2. The SMILES string of the molecule is COC(=O)C1=C(N)Oc2cc(C)n(Cc3cccnc3)c(=O)c2C1c1cccc(OC)c1. The summed E-state index contributed by atoms with van der Waals surface area (Å²) in [5, 5.41) is 0. The Kier molecular flexibility index (Phi) is 5.68. The van der Waals surface area contributed by atoms with Gasteiger partial charge in [-0.05, 0) is 36.2 Å². The summed E-state index contributed by atoms with van der Waals surface area (Å²) in [5.74, 6) is -0.649. The van der Waals surface area contributed by atoms with E-state index in [1.54, 1.807) is 48.3 Å². The van der Waals surface area contributed by atoms with E-state index in [-0.39, 0.29) is 17.0 Å². The number of hydrogen-bond donors (Lipinski definition) is 1. The lowest BCUT2D eigenvalue weighted by Crippen LogP contribution is -2.35. The Bertz CT molecular complexity index is 1260. The molecular formula is C24H23N3O5. The highest BCUT2D eigenvalue weighted by atomic mass is 16.5. The van der Waals surface area contributed by atoms with Crippen LogP contribution < -0.4 is 20.8 Å². The summed E-state index contributed by atoms with van der Waals surface area (Å²) in [4.78, 5) is 30.6. The zero-order chi connectivity index (χ0) is 22.8. The second-order valence-corrected chi connectivity index (χ2v) is 7.40. The molecule has 1 aromatic carbocycles. The molecule has 0 amide bonds. The summed E-state index contributed by atoms with van der Waals surface area (Å²) in [6.45, 7) is 2.14. The Balaban J connectivity index is 1.95. The van der Waals surface area contributed by atoms with Crippen LogP contribution in [-0.4, -0.2) is 29.7 Å². The maximum Gasteiger partial charge on any atom is 0.340 e. The summed E-state index contributed by atoms with van der Waals surface area (Å²) in [6, 6.07) is 12.6. The van der Waals surface area contributed by atoms with Crippen LogP contribution in [0.2, 0.25) is 0 Å². The van der Waals surface area contributed by atoms with Gasteiger partial charge >= 0.3 is 5.97 Å². The maximum atomic E-state index is 13.8. The number of aromatic nitrogens is 2. The van der Waals surface area contributed by atoms with Crippen LogP contribution in [0, 0.1) is 6.92 Å². The molecule has 3 heterocycles. The molecule has 4 rings (SSSR count). The average molecular weight is 433 g/mol. The second-order valence-electron chi connectivity index (χ2n) is 7.40. The molecule has 1 aliphatic rings. The predicted molar refractivity (Wildman–Crippen MR) is 117 cm³/mol. The first-order valence-corrected chi connectivity index (χ1v) is 9.97. The standard InChI is InChI=1S/C24H23N3O5/c1-14-10-18-20(23(28)27(14)13-15-6-5-9-26-12-15)19(16-7-4-8-17(11-16)30-2)21(22(25)32-18)24(29)31-3/h4-12,19H,13,25H2,1-3H3. The van der Waals surface area contributed by atoms with E-state index < -0.39 is 11.9 Å². The van der Waals surface area contributed by atoms with Gasteiger partial charge in [0.2, 0.25) is 5.88 Å². The van der Waals surface area contributed by atoms with Gasteiger partial charge in [0.25, 0.3) is 5.56 Å². The number of nitrogens with two attached hydrogens (primary N) is 1. The molecule has 1 unspecified atom stereocenters. The van der Waals surface area contributed by atoms with Gasteiger partial charge in [-0.1, -0.05) is 18.2 Å². The number of aryl methyl sites for hydroxylation is 1. The molecule has 0 saturated heterocycles. The highest BCUT2D eigenvalue weighted by Crippen LogP contribution is 2.42. The molecule has 164 valence electrons. The van der Waals surface area contributed by atoms with E-state index in [4.69, 9.17) is 19.9 Å². The zero-order valence-electron chi connectivity index (χ0n) is 18.0. The molecule has 0 saturated carbocycles. The molecule has 0 aliphatic carbocycles. The normalized spacial score (nSPS) is 15.0. The summed E-state index contributed by atoms with van der Waals surface area (Å²) < 4.78 is 17.7. The van der Waals surface area contributed by atoms with Crippen LogP contribution in [0.15, 0.2) is 71.1 Å². The van der Waals surface area contributed by atoms with Gasteiger partial charge in [0, 0.05) is 24.2 Å². The van der Waals surface area contributed by atoms with Crippen LogP contribution in [-0.2, 0) is 16.1 Å². The molecule has 0 fully saturated rings. The number of methoxy groups -OCH3 is 2. The van der Waals surface area contributed by atoms with Crippen molar-refractivity contribution in [1.82, 2.24) is 9.55 Å². The van der Waals surface area contributed by atoms with Crippen molar-refractivity contribution in [3.63, 3.8) is 0 Å². The van der Waals surface area contributed by atoms with Crippen molar-refractivity contribution in [2.75, 3.05) is 14.2 Å². The van der Waals surface area contributed by atoms with Crippen LogP contribution in [0.25, 0.3) is 0 Å². The molecule has 8 nitrogen and oxygen atoms in total. The fourth-order valence-corrected chi connectivity index (χ4v) is 3.92. The first-order valence-electron chi connectivity index (χ1n) is 9.97. The van der Waals surface area contributed by atoms with Crippen molar-refractivity contribution in [3.05, 3.63) is 99.1 Å². The molecule has 0 radical (unpaired) electrons. The quantitative estimate of drug-likeness (QED) is 0.616. The van der Waals surface area contributed by atoms with Crippen molar-refractivity contribution in [3.8, 4) is 11.5 Å². The monoisotopic (exact) mass is 433 g/mol. The van der Waals surface area contributed by atoms with Crippen molar-refractivity contribution >= 4 is 5.97 Å². The van der Waals surface area contributed by atoms with Crippen LogP contribution >= 0.6 is 0 Å². The van der Waals surface area contributed by atoms with E-state index >= 15 is 0 Å². The maximum absolute atomic E-state index is 13.8. The average Bonchev–Trinajstić information content (AvgIpc) is 2.81. The first-order chi connectivity index (χ1) is 15.4. The minimum absolute atomic E-state index is 0.0714. The predicted octanol–water partition coefficient (Wildman–Crippen LogP) is 2.48. The van der Waals surface area contributed by atoms with Crippen LogP contribution in [0.1, 0.15) is 28.3 Å². The summed E-state index contributed by atoms with van der Waals surface area (Å²) >= 11 is 0. The summed E-state index contributed by atoms with van der Waals surface area (Å²) in [5.41, 5.74) is 8.45. The number of carbonyl (C=O) groups is 1. The van der Waals surface area contributed by atoms with Gasteiger partial charge in [-0.2, -0.15) is 0 Å². The fourth-order valence-electron chi connectivity index (χ4n) is 3.92. The number of rotatable bonds is 5. The Labute approximate surface area is 184 Å². The highest BCUT2D eigenvalue weighted by molar-refractivity contribution is 5.92. The van der Waals surface area contributed by atoms with Crippen molar-refractivity contribution in [2.45, 2.75) is 19.4 Å². The van der Waals surface area contributed by atoms with Crippen LogP contribution in [0.5, 0.6) is 11.5 Å². The van der Waals surface area contributed by atoms with E-state index in [0.717, 1.165) is 5.56 Å². The Hall–Kier alpha value is -4.07. The van der Waals surface area contributed by atoms with E-state index in [1.807, 2.05) is 25.1 Å². The number of benzene rings is 1. The minimum Gasteiger partial charge on any atom is -0.497 e. The Morgan fingerprint density at radius 3 is 2.72 bits per heavy atom. The van der Waals surface area contributed by atoms with Gasteiger partial charge < -0.3 is 24.5 Å². The van der Waals surface area contributed by atoms with E-state index in [2.05, 4.69) is 4.98 Å². The lowest BCUT2D eigenvalue weighted by Gasteiger charge is -2.29. The number of ether oxygens (including phenoxy) is 3. The smallest absolute Gasteiger partial charge is 0.340 e. The van der Waals surface area contributed by atoms with Gasteiger partial charge in [-0.3, -0.25) is 9.78 Å². The summed E-state index contributed by atoms with van der Waals surface area (Å²) in [6.07, 6.45) is 3.38. The third-order valence-electron chi connectivity index (χ3n) is 5.47. The van der Waals surface area contributed by atoms with Gasteiger partial charge in [-0.25, -0.2) is 4.79 Å². The number of hydrogen-bond acceptors (Lipinski definition) is 7. The molecule has 2 N–H and O–H groups in total. The summed E-state index contributed by atoms with van der Waals surface area (Å²) in [7, 11) is 2.81. The van der Waals surface area contributed by atoms with E-state index in [1.165, 1.54) is 7.11 Å². The largest absolute Gasteiger partial charge is 0.497 e. The van der Waals surface area contributed by atoms with Gasteiger partial charge in [0.15, 0.2) is 0 Å². The number of fused-ring (bicyclic) bond motifs is 1. The lowest BCUT2D eigenvalue weighted by molar-refractivity contribution is -0.136. The zero-order valence-corrected chi connectivity index (χ0v) is 18.0. The van der Waals surface area contributed by atoms with Gasteiger partial charge in [0.05, 0.1) is 32.2 Å². The number of nitrogens with zero attached hydrogens (tertiary/aromatic N) is 2. The Morgan fingerprint density at radius 2 is 2.03 bits per heavy atom. The number of carbonyl (C=O) groups excluding carboxylic acids is 1. The van der Waals surface area contributed by atoms with E-state index in [0.29, 0.717) is 34.9 Å². The fraction of sp³-hybridized carbons (Fsp3) is 0.208. The molecule has 0 bridgehead atoms. The van der Waals surface area contributed by atoms with Gasteiger partial charge in [-0.15, -0.1) is 0 Å². The molecule has 3 aromatic rings. The molecule has 32 heavy (non-hydrogen) atoms. The van der Waals surface area contributed by atoms with Crippen molar-refractivity contribution in [2.24, 2.45) is 5.73 Å². The van der Waals surface area contributed by atoms with Crippen molar-refractivity contribution < 1.29 is 19.0 Å². The van der Waals surface area contributed by atoms with Crippen LogP contribution in [0.3, 0.4) is 0 Å². The molecule has 1 aliphatic heterocycles. The van der Waals surface area contributed by atoms with E-state index in [9.17, 15) is 9.59 Å².